The van der Waals surface area contributed by atoms with E-state index in [1.165, 1.54) is 0 Å². The first-order chi connectivity index (χ1) is 6.24. The third-order valence-electron chi connectivity index (χ3n) is 2.15. The van der Waals surface area contributed by atoms with E-state index in [1.807, 2.05) is 24.3 Å². The first-order valence-corrected chi connectivity index (χ1v) is 6.01. The van der Waals surface area contributed by atoms with Crippen molar-refractivity contribution in [2.45, 2.75) is 23.8 Å². The normalized spacial score (nSPS) is 26.6. The van der Waals surface area contributed by atoms with Crippen molar-refractivity contribution in [3.8, 4) is 5.75 Å². The Bertz CT molecular complexity index is 277. The zero-order valence-electron chi connectivity index (χ0n) is 7.04. The molecule has 0 bridgehead atoms. The van der Waals surface area contributed by atoms with E-state index in [1.54, 1.807) is 0 Å². The van der Waals surface area contributed by atoms with Crippen molar-refractivity contribution in [2.75, 3.05) is 0 Å². The molecule has 1 aliphatic carbocycles. The van der Waals surface area contributed by atoms with Crippen LogP contribution < -0.4 is 4.74 Å². The smallest absolute Gasteiger partial charge is 0.119 e. The first-order valence-electron chi connectivity index (χ1n) is 4.30. The lowest BCUT2D eigenvalue weighted by atomic mass is 9.96. The van der Waals surface area contributed by atoms with Gasteiger partial charge in [0.2, 0.25) is 0 Å². The second kappa shape index (κ2) is 4.01. The second-order valence-corrected chi connectivity index (χ2v) is 5.47. The molecule has 13 heavy (non-hydrogen) atoms. The summed E-state index contributed by atoms with van der Waals surface area (Å²) in [6, 6.07) is 7.98. The lowest BCUT2D eigenvalue weighted by Gasteiger charge is -2.31. The van der Waals surface area contributed by atoms with Crippen LogP contribution in [0, 0.1) is 0 Å². The molecule has 0 spiro atoms. The van der Waals surface area contributed by atoms with E-state index in [4.69, 9.17) is 4.74 Å². The Morgan fingerprint density at radius 1 is 1.15 bits per heavy atom. The van der Waals surface area contributed by atoms with Crippen LogP contribution in [0.4, 0.5) is 0 Å². The molecule has 0 atom stereocenters. The summed E-state index contributed by atoms with van der Waals surface area (Å²) in [6.07, 6.45) is 2.65. The highest BCUT2D eigenvalue weighted by molar-refractivity contribution is 9.10. The lowest BCUT2D eigenvalue weighted by Crippen LogP contribution is -2.33. The predicted molar refractivity (Wildman–Crippen MR) is 60.5 cm³/mol. The largest absolute Gasteiger partial charge is 0.490 e. The molecular formula is C10H10Br2O. The van der Waals surface area contributed by atoms with Gasteiger partial charge in [-0.25, -0.2) is 0 Å². The highest BCUT2D eigenvalue weighted by Crippen LogP contribution is 2.31. The third-order valence-corrected chi connectivity index (χ3v) is 3.43. The van der Waals surface area contributed by atoms with Gasteiger partial charge in [0, 0.05) is 9.30 Å². The molecule has 0 radical (unpaired) electrons. The minimum atomic E-state index is 0.408. The summed E-state index contributed by atoms with van der Waals surface area (Å²) in [5.74, 6) is 0.965. The van der Waals surface area contributed by atoms with Gasteiger partial charge < -0.3 is 4.74 Å². The van der Waals surface area contributed by atoms with Gasteiger partial charge in [-0.05, 0) is 37.1 Å². The molecule has 0 unspecified atom stereocenters. The van der Waals surface area contributed by atoms with E-state index in [0.717, 1.165) is 23.1 Å². The topological polar surface area (TPSA) is 9.23 Å². The van der Waals surface area contributed by atoms with Gasteiger partial charge in [-0.1, -0.05) is 31.9 Å². The summed E-state index contributed by atoms with van der Waals surface area (Å²) in [7, 11) is 0. The minimum Gasteiger partial charge on any atom is -0.490 e. The van der Waals surface area contributed by atoms with E-state index in [9.17, 15) is 0 Å². The fourth-order valence-corrected chi connectivity index (χ4v) is 2.40. The quantitative estimate of drug-likeness (QED) is 0.756. The van der Waals surface area contributed by atoms with E-state index in [-0.39, 0.29) is 0 Å². The Balaban J connectivity index is 1.91. The number of benzene rings is 1. The average molecular weight is 306 g/mol. The maximum atomic E-state index is 5.72. The first kappa shape index (κ1) is 9.53. The molecule has 0 aromatic heterocycles. The van der Waals surface area contributed by atoms with Crippen LogP contribution in [0.15, 0.2) is 28.7 Å². The summed E-state index contributed by atoms with van der Waals surface area (Å²) in [5.41, 5.74) is 0. The standard InChI is InChI=1S/C10H10Br2O/c11-7-1-3-9(4-2-7)13-10-5-8(12)6-10/h1-4,8,10H,5-6H2. The molecule has 0 amide bonds. The maximum absolute atomic E-state index is 5.72. The molecule has 3 heteroatoms. The Morgan fingerprint density at radius 2 is 1.77 bits per heavy atom. The minimum absolute atomic E-state index is 0.408. The van der Waals surface area contributed by atoms with Gasteiger partial charge >= 0.3 is 0 Å². The van der Waals surface area contributed by atoms with Crippen LogP contribution in [0.1, 0.15) is 12.8 Å². The molecule has 1 aromatic rings. The van der Waals surface area contributed by atoms with Crippen LogP contribution in [-0.4, -0.2) is 10.9 Å². The number of ether oxygens (including phenoxy) is 1. The fraction of sp³-hybridized carbons (Fsp3) is 0.400. The van der Waals surface area contributed by atoms with Gasteiger partial charge in [0.1, 0.15) is 11.9 Å². The van der Waals surface area contributed by atoms with E-state index in [0.29, 0.717) is 10.9 Å². The molecule has 0 aliphatic heterocycles. The van der Waals surface area contributed by atoms with Crippen LogP contribution in [0.5, 0.6) is 5.75 Å². The highest BCUT2D eigenvalue weighted by Gasteiger charge is 2.28. The van der Waals surface area contributed by atoms with Crippen molar-refractivity contribution in [1.29, 1.82) is 0 Å². The number of alkyl halides is 1. The zero-order chi connectivity index (χ0) is 9.26. The Hall–Kier alpha value is -0.0200. The summed E-state index contributed by atoms with van der Waals surface area (Å²) < 4.78 is 6.81. The molecule has 0 N–H and O–H groups in total. The molecule has 2 rings (SSSR count). The monoisotopic (exact) mass is 304 g/mol. The van der Waals surface area contributed by atoms with Crippen molar-refractivity contribution in [3.63, 3.8) is 0 Å². The number of rotatable bonds is 2. The summed E-state index contributed by atoms with van der Waals surface area (Å²) >= 11 is 6.93. The van der Waals surface area contributed by atoms with Crippen LogP contribution in [-0.2, 0) is 0 Å². The van der Waals surface area contributed by atoms with Crippen LogP contribution in [0.3, 0.4) is 0 Å². The van der Waals surface area contributed by atoms with E-state index in [2.05, 4.69) is 31.9 Å². The number of halogens is 2. The highest BCUT2D eigenvalue weighted by atomic mass is 79.9. The van der Waals surface area contributed by atoms with Crippen LogP contribution >= 0.6 is 31.9 Å². The predicted octanol–water partition coefficient (Wildman–Crippen LogP) is 3.75. The Labute approximate surface area is 94.7 Å². The van der Waals surface area contributed by atoms with Gasteiger partial charge in [0.15, 0.2) is 0 Å². The van der Waals surface area contributed by atoms with Crippen molar-refractivity contribution in [3.05, 3.63) is 28.7 Å². The SMILES string of the molecule is Brc1ccc(OC2CC(Br)C2)cc1. The fourth-order valence-electron chi connectivity index (χ4n) is 1.30. The van der Waals surface area contributed by atoms with Gasteiger partial charge in [-0.15, -0.1) is 0 Å². The molecule has 1 nitrogen and oxygen atoms in total. The Morgan fingerprint density at radius 3 is 2.31 bits per heavy atom. The molecule has 1 fully saturated rings. The number of hydrogen-bond donors (Lipinski definition) is 0. The van der Waals surface area contributed by atoms with E-state index >= 15 is 0 Å². The summed E-state index contributed by atoms with van der Waals surface area (Å²) in [5, 5.41) is 0. The maximum Gasteiger partial charge on any atom is 0.119 e. The molecule has 0 heterocycles. The van der Waals surface area contributed by atoms with Gasteiger partial charge in [0.05, 0.1) is 0 Å². The van der Waals surface area contributed by atoms with Crippen molar-refractivity contribution < 1.29 is 4.74 Å². The van der Waals surface area contributed by atoms with Crippen molar-refractivity contribution >= 4 is 31.9 Å². The summed E-state index contributed by atoms with van der Waals surface area (Å²) in [4.78, 5) is 0.660. The molecular weight excluding hydrogens is 296 g/mol. The molecule has 0 saturated heterocycles. The average Bonchev–Trinajstić information content (AvgIpc) is 2.06. The zero-order valence-corrected chi connectivity index (χ0v) is 10.2. The third kappa shape index (κ3) is 2.47. The number of hydrogen-bond acceptors (Lipinski definition) is 1. The van der Waals surface area contributed by atoms with Crippen LogP contribution in [0.2, 0.25) is 0 Å². The van der Waals surface area contributed by atoms with Gasteiger partial charge in [-0.3, -0.25) is 0 Å². The Kier molecular flexibility index (Phi) is 2.94. The van der Waals surface area contributed by atoms with Crippen molar-refractivity contribution in [1.82, 2.24) is 0 Å². The molecule has 1 aromatic carbocycles. The molecule has 1 aliphatic rings. The van der Waals surface area contributed by atoms with Crippen LogP contribution in [0.25, 0.3) is 0 Å². The lowest BCUT2D eigenvalue weighted by molar-refractivity contribution is 0.128. The molecule has 1 saturated carbocycles. The van der Waals surface area contributed by atoms with Gasteiger partial charge in [0.25, 0.3) is 0 Å². The second-order valence-electron chi connectivity index (χ2n) is 3.26. The van der Waals surface area contributed by atoms with E-state index < -0.39 is 0 Å². The van der Waals surface area contributed by atoms with Gasteiger partial charge in [-0.2, -0.15) is 0 Å². The summed E-state index contributed by atoms with van der Waals surface area (Å²) in [6.45, 7) is 0. The molecule has 70 valence electrons. The van der Waals surface area contributed by atoms with Crippen molar-refractivity contribution in [2.24, 2.45) is 0 Å².